The number of rotatable bonds is 12. The lowest BCUT2D eigenvalue weighted by molar-refractivity contribution is -0.132. The summed E-state index contributed by atoms with van der Waals surface area (Å²) in [5, 5.41) is 14.3. The van der Waals surface area contributed by atoms with Crippen LogP contribution in [-0.4, -0.2) is 54.1 Å². The minimum absolute atomic E-state index is 0.0194. The monoisotopic (exact) mass is 361 g/mol. The molecule has 0 heterocycles. The first-order valence-corrected chi connectivity index (χ1v) is 8.61. The zero-order valence-electron chi connectivity index (χ0n) is 14.9. The molecule has 0 atom stereocenters. The maximum Gasteiger partial charge on any atom is 0.503 e. The number of Topliss-reactive ketones (excluding diaryl/α,β-unsaturated/α-hetero) is 1. The average Bonchev–Trinajstić information content (AvgIpc) is 2.67. The summed E-state index contributed by atoms with van der Waals surface area (Å²) in [6, 6.07) is 8.67. The van der Waals surface area contributed by atoms with Crippen molar-refractivity contribution in [3.63, 3.8) is 0 Å². The van der Waals surface area contributed by atoms with Gasteiger partial charge in [-0.15, -0.1) is 0 Å². The summed E-state index contributed by atoms with van der Waals surface area (Å²) in [7, 11) is -1.49. The summed E-state index contributed by atoms with van der Waals surface area (Å²) < 4.78 is 0. The van der Waals surface area contributed by atoms with E-state index in [0.717, 1.165) is 6.42 Å². The summed E-state index contributed by atoms with van der Waals surface area (Å²) in [5.74, 6) is -0.965. The van der Waals surface area contributed by atoms with Gasteiger partial charge in [-0.05, 0) is 6.42 Å². The fraction of sp³-hybridized carbons (Fsp3) is 0.471. The Kier molecular flexibility index (Phi) is 9.85. The maximum absolute atomic E-state index is 12.2. The van der Waals surface area contributed by atoms with E-state index in [1.165, 1.54) is 4.90 Å². The van der Waals surface area contributed by atoms with Gasteiger partial charge < -0.3 is 15.2 Å². The molecule has 1 aromatic carbocycles. The Morgan fingerprint density at radius 1 is 1.19 bits per heavy atom. The predicted molar refractivity (Wildman–Crippen MR) is 98.3 cm³/mol. The van der Waals surface area contributed by atoms with Crippen LogP contribution in [0.1, 0.15) is 43.0 Å². The first kappa shape index (κ1) is 21.5. The Labute approximate surface area is 153 Å². The highest BCUT2D eigenvalue weighted by molar-refractivity contribution is 6.48. The predicted octanol–water partition coefficient (Wildman–Crippen LogP) is 1.18. The molecule has 0 saturated heterocycles. The van der Waals surface area contributed by atoms with Gasteiger partial charge in [0.1, 0.15) is 0 Å². The molecule has 9 heteroatoms. The third kappa shape index (κ3) is 8.02. The summed E-state index contributed by atoms with van der Waals surface area (Å²) in [5.41, 5.74) is 0.539. The molecule has 0 radical (unpaired) electrons. The van der Waals surface area contributed by atoms with E-state index in [1.54, 1.807) is 30.3 Å². The highest BCUT2D eigenvalue weighted by atomic mass is 16.3. The van der Waals surface area contributed by atoms with E-state index < -0.39 is 18.9 Å². The normalized spacial score (nSPS) is 10.1. The second kappa shape index (κ2) is 11.9. The molecule has 8 nitrogen and oxygen atoms in total. The molecule has 0 fully saturated rings. The summed E-state index contributed by atoms with van der Waals surface area (Å²) in [4.78, 5) is 47.6. The number of nitrogens with one attached hydrogen (secondary N) is 1. The van der Waals surface area contributed by atoms with E-state index in [0.29, 0.717) is 18.5 Å². The molecule has 0 bridgehead atoms. The van der Waals surface area contributed by atoms with E-state index in [-0.39, 0.29) is 31.6 Å². The molecular weight excluding hydrogens is 337 g/mol. The van der Waals surface area contributed by atoms with Crippen molar-refractivity contribution in [1.82, 2.24) is 10.2 Å². The van der Waals surface area contributed by atoms with Crippen LogP contribution in [0.5, 0.6) is 0 Å². The van der Waals surface area contributed by atoms with Crippen molar-refractivity contribution in [2.24, 2.45) is 5.09 Å². The van der Waals surface area contributed by atoms with Crippen LogP contribution in [0, 0.1) is 4.91 Å². The molecule has 2 amide bonds. The van der Waals surface area contributed by atoms with Crippen LogP contribution in [0.3, 0.4) is 0 Å². The van der Waals surface area contributed by atoms with Crippen LogP contribution >= 0.6 is 0 Å². The highest BCUT2D eigenvalue weighted by Gasteiger charge is 2.22. The zero-order chi connectivity index (χ0) is 19.4. The van der Waals surface area contributed by atoms with Crippen molar-refractivity contribution >= 4 is 24.6 Å². The van der Waals surface area contributed by atoms with E-state index in [1.807, 2.05) is 6.92 Å². The Morgan fingerprint density at radius 2 is 1.88 bits per heavy atom. The number of ketones is 1. The maximum atomic E-state index is 12.2. The number of hydrogen-bond acceptors (Lipinski definition) is 6. The SMILES string of the molecule is CCCCN(CB(O)N=O)C(=O)CNC(=O)CCC(=O)c1ccccc1. The Bertz CT molecular complexity index is 612. The smallest absolute Gasteiger partial charge is 0.428 e. The molecule has 1 aromatic rings. The standard InChI is InChI=1S/C17H24BN3O5/c1-2-3-11-21(13-18(25)20-26)17(24)12-19-16(23)10-9-15(22)14-7-5-4-6-8-14/h4-8,25H,2-3,9-13H2,1H3,(H,19,23). The molecule has 1 rings (SSSR count). The van der Waals surface area contributed by atoms with E-state index in [9.17, 15) is 24.3 Å². The third-order valence-corrected chi connectivity index (χ3v) is 3.75. The number of carbonyl (C=O) groups excluding carboxylic acids is 3. The fourth-order valence-electron chi connectivity index (χ4n) is 2.27. The Hall–Kier alpha value is -2.55. The lowest BCUT2D eigenvalue weighted by Crippen LogP contribution is -2.44. The molecule has 0 aliphatic rings. The van der Waals surface area contributed by atoms with Crippen molar-refractivity contribution in [3.8, 4) is 0 Å². The van der Waals surface area contributed by atoms with Crippen molar-refractivity contribution in [2.45, 2.75) is 32.6 Å². The van der Waals surface area contributed by atoms with Gasteiger partial charge in [0.05, 0.1) is 13.0 Å². The molecule has 140 valence electrons. The zero-order valence-corrected chi connectivity index (χ0v) is 14.9. The lowest BCUT2D eigenvalue weighted by Gasteiger charge is -2.22. The molecule has 0 aliphatic carbocycles. The van der Waals surface area contributed by atoms with Gasteiger partial charge in [0, 0.05) is 24.9 Å². The molecule has 0 unspecified atom stereocenters. The average molecular weight is 361 g/mol. The number of hydrogen-bond donors (Lipinski definition) is 2. The minimum Gasteiger partial charge on any atom is -0.428 e. The molecule has 0 aliphatic heterocycles. The van der Waals surface area contributed by atoms with Crippen LogP contribution in [0.15, 0.2) is 35.4 Å². The number of carbonyl (C=O) groups is 3. The minimum atomic E-state index is -1.49. The van der Waals surface area contributed by atoms with Gasteiger partial charge in [-0.1, -0.05) is 48.8 Å². The van der Waals surface area contributed by atoms with Gasteiger partial charge >= 0.3 is 7.05 Å². The number of benzene rings is 1. The largest absolute Gasteiger partial charge is 0.503 e. The van der Waals surface area contributed by atoms with E-state index >= 15 is 0 Å². The van der Waals surface area contributed by atoms with Crippen molar-refractivity contribution < 1.29 is 19.4 Å². The number of nitrogens with zero attached hydrogens (tertiary/aromatic N) is 2. The second-order valence-electron chi connectivity index (χ2n) is 5.85. The Balaban J connectivity index is 2.41. The van der Waals surface area contributed by atoms with Crippen molar-refractivity contribution in [1.29, 1.82) is 0 Å². The van der Waals surface area contributed by atoms with Crippen molar-refractivity contribution in [3.05, 3.63) is 40.8 Å². The quantitative estimate of drug-likeness (QED) is 0.329. The van der Waals surface area contributed by atoms with Gasteiger partial charge in [0.25, 0.3) is 0 Å². The molecular formula is C17H24BN3O5. The van der Waals surface area contributed by atoms with Gasteiger partial charge in [0.2, 0.25) is 11.8 Å². The molecule has 0 spiro atoms. The highest BCUT2D eigenvalue weighted by Crippen LogP contribution is 2.05. The fourth-order valence-corrected chi connectivity index (χ4v) is 2.27. The number of nitroso groups, excluding NO2 is 1. The Morgan fingerprint density at radius 3 is 2.50 bits per heavy atom. The summed E-state index contributed by atoms with van der Waals surface area (Å²) >= 11 is 0. The van der Waals surface area contributed by atoms with Crippen LogP contribution in [0.4, 0.5) is 0 Å². The molecule has 26 heavy (non-hydrogen) atoms. The number of unbranched alkanes of at least 4 members (excludes halogenated alkanes) is 1. The van der Waals surface area contributed by atoms with Crippen LogP contribution in [0.25, 0.3) is 0 Å². The molecule has 0 aromatic heterocycles. The van der Waals surface area contributed by atoms with Crippen molar-refractivity contribution in [2.75, 3.05) is 19.5 Å². The second-order valence-corrected chi connectivity index (χ2v) is 5.85. The van der Waals surface area contributed by atoms with Crippen LogP contribution in [-0.2, 0) is 9.59 Å². The van der Waals surface area contributed by atoms with Gasteiger partial charge in [0.15, 0.2) is 5.78 Å². The summed E-state index contributed by atoms with van der Waals surface area (Å²) in [6.07, 6.45) is 1.37. The number of amides is 2. The first-order valence-electron chi connectivity index (χ1n) is 8.61. The van der Waals surface area contributed by atoms with E-state index in [2.05, 4.69) is 10.4 Å². The summed E-state index contributed by atoms with van der Waals surface area (Å²) in [6.45, 7) is 2.06. The van der Waals surface area contributed by atoms with Gasteiger partial charge in [-0.3, -0.25) is 14.4 Å². The first-order chi connectivity index (χ1) is 12.5. The topological polar surface area (TPSA) is 116 Å². The van der Waals surface area contributed by atoms with Crippen LogP contribution in [0.2, 0.25) is 0 Å². The van der Waals surface area contributed by atoms with Gasteiger partial charge in [-0.25, -0.2) is 0 Å². The third-order valence-electron chi connectivity index (χ3n) is 3.75. The van der Waals surface area contributed by atoms with E-state index in [4.69, 9.17) is 0 Å². The van der Waals surface area contributed by atoms with Gasteiger partial charge in [-0.2, -0.15) is 4.91 Å². The molecule has 2 N–H and O–H groups in total. The lowest BCUT2D eigenvalue weighted by atomic mass is 9.85. The molecule has 0 saturated carbocycles. The van der Waals surface area contributed by atoms with Crippen LogP contribution < -0.4 is 5.32 Å².